The minimum atomic E-state index is -0.981. The number of H-pyrrole nitrogens is 1. The van der Waals surface area contributed by atoms with Crippen molar-refractivity contribution in [2.45, 2.75) is 155 Å². The van der Waals surface area contributed by atoms with E-state index in [-0.39, 0.29) is 40.2 Å². The molecule has 4 fully saturated rings. The third kappa shape index (κ3) is 3.39. The first-order valence-electron chi connectivity index (χ1n) is 17.7. The molecule has 1 aromatic heterocycles. The van der Waals surface area contributed by atoms with Gasteiger partial charge >= 0.3 is 0 Å². The van der Waals surface area contributed by atoms with Gasteiger partial charge < -0.3 is 24.7 Å². The summed E-state index contributed by atoms with van der Waals surface area (Å²) < 4.78 is 13.3. The lowest BCUT2D eigenvalue weighted by Crippen LogP contribution is -2.68. The molecular formula is C39H55NO5. The minimum Gasteiger partial charge on any atom is -0.392 e. The van der Waals surface area contributed by atoms with Gasteiger partial charge in [0.15, 0.2) is 5.78 Å². The summed E-state index contributed by atoms with van der Waals surface area (Å²) in [6.45, 7) is 21.6. The van der Waals surface area contributed by atoms with Crippen LogP contribution in [0.4, 0.5) is 0 Å². The van der Waals surface area contributed by atoms with Crippen LogP contribution in [0.2, 0.25) is 0 Å². The molecule has 6 aliphatic rings. The fourth-order valence-electron chi connectivity index (χ4n) is 12.9. The number of aromatic nitrogens is 1. The number of ether oxygens (including phenoxy) is 2. The monoisotopic (exact) mass is 617 g/mol. The van der Waals surface area contributed by atoms with Crippen molar-refractivity contribution >= 4 is 16.7 Å². The summed E-state index contributed by atoms with van der Waals surface area (Å²) in [5.41, 5.74) is 3.11. The van der Waals surface area contributed by atoms with E-state index in [0.29, 0.717) is 18.3 Å². The number of aliphatic hydroxyl groups excluding tert-OH is 1. The molecule has 0 radical (unpaired) electrons. The van der Waals surface area contributed by atoms with E-state index in [4.69, 9.17) is 9.47 Å². The molecule has 4 aliphatic carbocycles. The molecule has 3 heterocycles. The van der Waals surface area contributed by atoms with Crippen LogP contribution in [0.5, 0.6) is 0 Å². The summed E-state index contributed by atoms with van der Waals surface area (Å²) in [5, 5.41) is 24.0. The second-order valence-electron chi connectivity index (χ2n) is 18.6. The standard InChI is InChI=1S/C39H55NO5/c1-33(2,43)29-19-27(41)37(8)25-14-11-20-17-23-30-22-18-26-34(3,4)45-35(5,6)39(26,10)32(42)21(22)12-13-24(30)40-31(23)38(20,9)36(25,7)16-15-28(37)44-29/h12-13,20,25-29,40-41,43H,11,14-19H2,1-10H3/t20?,25?,26?,27-,28?,29+,36+,37-,38-,39?/m1/s1. The van der Waals surface area contributed by atoms with Gasteiger partial charge in [-0.1, -0.05) is 20.8 Å². The van der Waals surface area contributed by atoms with Gasteiger partial charge in [-0.25, -0.2) is 0 Å². The second kappa shape index (κ2) is 8.64. The Morgan fingerprint density at radius 1 is 0.911 bits per heavy atom. The summed E-state index contributed by atoms with van der Waals surface area (Å²) in [6, 6.07) is 4.25. The van der Waals surface area contributed by atoms with Crippen LogP contribution in [-0.2, 0) is 27.7 Å². The maximum Gasteiger partial charge on any atom is 0.172 e. The van der Waals surface area contributed by atoms with Gasteiger partial charge in [-0.2, -0.15) is 0 Å². The Morgan fingerprint density at radius 2 is 1.62 bits per heavy atom. The molecule has 0 spiro atoms. The van der Waals surface area contributed by atoms with E-state index in [2.05, 4.69) is 72.5 Å². The van der Waals surface area contributed by atoms with E-state index >= 15 is 0 Å². The molecule has 10 atom stereocenters. The van der Waals surface area contributed by atoms with Crippen LogP contribution in [0.15, 0.2) is 12.1 Å². The number of carbonyl (C=O) groups is 1. The quantitative estimate of drug-likeness (QED) is 0.319. The van der Waals surface area contributed by atoms with Crippen LogP contribution < -0.4 is 0 Å². The average molecular weight is 618 g/mol. The molecule has 6 nitrogen and oxygen atoms in total. The molecule has 2 saturated carbocycles. The van der Waals surface area contributed by atoms with Crippen molar-refractivity contribution in [1.29, 1.82) is 0 Å². The highest BCUT2D eigenvalue weighted by Gasteiger charge is 2.70. The molecule has 2 aliphatic heterocycles. The number of benzene rings is 1. The number of Topliss-reactive ketones (excluding diaryl/α,β-unsaturated/α-hetero) is 1. The van der Waals surface area contributed by atoms with Crippen molar-refractivity contribution < 1.29 is 24.5 Å². The lowest BCUT2D eigenvalue weighted by molar-refractivity contribution is -0.280. The SMILES string of the molecule is CC1(C)OC(C)(C)C2(C)C(=O)c3ccc4[nH]c5c(c4c3CC12)CC1CCC2[C@@]3(C)C(CC[C@]2(C)[C@@]51C)O[C@H](C(C)(C)O)C[C@H]3O. The molecule has 3 N–H and O–H groups in total. The maximum atomic E-state index is 14.5. The number of carbonyl (C=O) groups excluding carboxylic acids is 1. The molecule has 45 heavy (non-hydrogen) atoms. The third-order valence-corrected chi connectivity index (χ3v) is 15.8. The van der Waals surface area contributed by atoms with Crippen molar-refractivity contribution in [1.82, 2.24) is 4.98 Å². The van der Waals surface area contributed by atoms with Crippen molar-refractivity contribution in [3.63, 3.8) is 0 Å². The van der Waals surface area contributed by atoms with E-state index in [1.54, 1.807) is 13.8 Å². The van der Waals surface area contributed by atoms with E-state index in [9.17, 15) is 15.0 Å². The summed E-state index contributed by atoms with van der Waals surface area (Å²) in [4.78, 5) is 18.5. The first-order chi connectivity index (χ1) is 20.7. The van der Waals surface area contributed by atoms with Gasteiger partial charge in [0.2, 0.25) is 0 Å². The Hall–Kier alpha value is -1.73. The fraction of sp³-hybridized carbons (Fsp3) is 0.769. The van der Waals surface area contributed by atoms with Crippen LogP contribution in [0.3, 0.4) is 0 Å². The predicted molar refractivity (Wildman–Crippen MR) is 175 cm³/mol. The third-order valence-electron chi connectivity index (χ3n) is 15.8. The highest BCUT2D eigenvalue weighted by Crippen LogP contribution is 2.71. The Kier molecular flexibility index (Phi) is 5.88. The zero-order valence-electron chi connectivity index (χ0n) is 29.2. The number of hydrogen-bond acceptors (Lipinski definition) is 5. The van der Waals surface area contributed by atoms with E-state index in [1.165, 1.54) is 22.2 Å². The normalized spacial score (nSPS) is 46.2. The van der Waals surface area contributed by atoms with Crippen molar-refractivity contribution in [3.8, 4) is 0 Å². The number of fused-ring (bicyclic) bond motifs is 12. The molecule has 2 aromatic rings. The van der Waals surface area contributed by atoms with E-state index in [0.717, 1.165) is 49.6 Å². The Bertz CT molecular complexity index is 1630. The fourth-order valence-corrected chi connectivity index (χ4v) is 12.9. The zero-order valence-corrected chi connectivity index (χ0v) is 29.2. The van der Waals surface area contributed by atoms with Gasteiger partial charge in [-0.05, 0) is 128 Å². The van der Waals surface area contributed by atoms with Crippen LogP contribution in [0.25, 0.3) is 10.9 Å². The van der Waals surface area contributed by atoms with Crippen molar-refractivity contribution in [3.05, 3.63) is 34.5 Å². The van der Waals surface area contributed by atoms with Gasteiger partial charge in [0.25, 0.3) is 0 Å². The van der Waals surface area contributed by atoms with E-state index in [1.807, 2.05) is 0 Å². The van der Waals surface area contributed by atoms with Gasteiger partial charge in [0.1, 0.15) is 0 Å². The van der Waals surface area contributed by atoms with Crippen molar-refractivity contribution in [2.75, 3.05) is 0 Å². The summed E-state index contributed by atoms with van der Waals surface area (Å²) >= 11 is 0. The summed E-state index contributed by atoms with van der Waals surface area (Å²) in [5.74, 6) is 1.15. The van der Waals surface area contributed by atoms with Crippen LogP contribution in [0, 0.1) is 34.0 Å². The largest absolute Gasteiger partial charge is 0.392 e. The van der Waals surface area contributed by atoms with E-state index < -0.39 is 28.3 Å². The molecule has 8 rings (SSSR count). The topological polar surface area (TPSA) is 91.8 Å². The van der Waals surface area contributed by atoms with Crippen molar-refractivity contribution in [2.24, 2.45) is 34.0 Å². The highest BCUT2D eigenvalue weighted by atomic mass is 16.5. The Labute approximate surface area is 269 Å². The number of aromatic amines is 1. The number of nitrogens with one attached hydrogen (secondary N) is 1. The van der Waals surface area contributed by atoms with Gasteiger partial charge in [0, 0.05) is 45.3 Å². The molecule has 1 aromatic carbocycles. The summed E-state index contributed by atoms with van der Waals surface area (Å²) in [7, 11) is 0. The first-order valence-corrected chi connectivity index (χ1v) is 17.7. The van der Waals surface area contributed by atoms with Gasteiger partial charge in [0.05, 0.1) is 40.5 Å². The second-order valence-corrected chi connectivity index (χ2v) is 18.6. The maximum absolute atomic E-state index is 14.5. The average Bonchev–Trinajstić information content (AvgIpc) is 3.49. The van der Waals surface area contributed by atoms with Crippen LogP contribution in [-0.4, -0.2) is 56.1 Å². The van der Waals surface area contributed by atoms with Gasteiger partial charge in [-0.3, -0.25) is 4.79 Å². The first kappa shape index (κ1) is 30.6. The number of aliphatic hydroxyl groups is 2. The molecule has 246 valence electrons. The number of rotatable bonds is 1. The smallest absolute Gasteiger partial charge is 0.172 e. The summed E-state index contributed by atoms with van der Waals surface area (Å²) in [6.07, 6.45) is 5.54. The minimum absolute atomic E-state index is 0.0288. The Balaban J connectivity index is 1.24. The zero-order chi connectivity index (χ0) is 32.5. The molecule has 0 bridgehead atoms. The lowest BCUT2D eigenvalue weighted by atomic mass is 9.39. The number of hydrogen-bond donors (Lipinski definition) is 3. The van der Waals surface area contributed by atoms with Crippen LogP contribution >= 0.6 is 0 Å². The molecule has 6 heteroatoms. The van der Waals surface area contributed by atoms with Gasteiger partial charge in [-0.15, -0.1) is 0 Å². The molecule has 2 saturated heterocycles. The predicted octanol–water partition coefficient (Wildman–Crippen LogP) is 7.05. The Morgan fingerprint density at radius 3 is 2.31 bits per heavy atom. The van der Waals surface area contributed by atoms with Crippen LogP contribution in [0.1, 0.15) is 129 Å². The molecule has 0 amide bonds. The number of ketones is 1. The highest BCUT2D eigenvalue weighted by molar-refractivity contribution is 6.08. The molecule has 5 unspecified atom stereocenters. The lowest BCUT2D eigenvalue weighted by Gasteiger charge is -2.67. The molecular weight excluding hydrogens is 562 g/mol.